The zero-order valence-corrected chi connectivity index (χ0v) is 13.4. The maximum Gasteiger partial charge on any atom is 0.108 e. The highest BCUT2D eigenvalue weighted by Gasteiger charge is 2.19. The summed E-state index contributed by atoms with van der Waals surface area (Å²) in [6, 6.07) is 14.3. The van der Waals surface area contributed by atoms with Gasteiger partial charge in [-0.3, -0.25) is 0 Å². The highest BCUT2D eigenvalue weighted by atomic mass is 35.5. The summed E-state index contributed by atoms with van der Waals surface area (Å²) in [5.74, 6) is 0. The molecule has 3 rings (SSSR count). The summed E-state index contributed by atoms with van der Waals surface area (Å²) < 4.78 is 0. The smallest absolute Gasteiger partial charge is 0.108 e. The average molecular weight is 343 g/mol. The number of benzene rings is 2. The molecule has 0 bridgehead atoms. The van der Waals surface area contributed by atoms with E-state index in [1.807, 2.05) is 18.3 Å². The first-order valence-corrected chi connectivity index (χ1v) is 7.66. The summed E-state index contributed by atoms with van der Waals surface area (Å²) in [4.78, 5) is 3.01. The lowest BCUT2D eigenvalue weighted by atomic mass is 9.96. The van der Waals surface area contributed by atoms with Gasteiger partial charge in [0.1, 0.15) is 6.10 Å². The summed E-state index contributed by atoms with van der Waals surface area (Å²) in [5, 5.41) is 20.5. The number of aromatic nitrogens is 1. The van der Waals surface area contributed by atoms with Gasteiger partial charge in [-0.25, -0.2) is 0 Å². The van der Waals surface area contributed by atoms with Gasteiger partial charge in [-0.05, 0) is 29.8 Å². The summed E-state index contributed by atoms with van der Waals surface area (Å²) in [6.45, 7) is 0. The molecule has 0 amide bonds. The van der Waals surface area contributed by atoms with E-state index in [4.69, 9.17) is 28.5 Å². The van der Waals surface area contributed by atoms with Crippen molar-refractivity contribution >= 4 is 23.2 Å². The van der Waals surface area contributed by atoms with Crippen molar-refractivity contribution in [1.82, 2.24) is 4.98 Å². The molecule has 0 aliphatic heterocycles. The molecule has 1 unspecified atom stereocenters. The predicted octanol–water partition coefficient (Wildman–Crippen LogP) is 4.94. The van der Waals surface area contributed by atoms with Crippen LogP contribution in [0.15, 0.2) is 54.9 Å². The third-order valence-corrected chi connectivity index (χ3v) is 4.22. The zero-order valence-electron chi connectivity index (χ0n) is 11.9. The monoisotopic (exact) mass is 342 g/mol. The van der Waals surface area contributed by atoms with E-state index < -0.39 is 6.10 Å². The maximum atomic E-state index is 10.7. The molecule has 0 aliphatic carbocycles. The van der Waals surface area contributed by atoms with Crippen LogP contribution in [-0.2, 0) is 0 Å². The molecule has 2 aromatic carbocycles. The largest absolute Gasteiger partial charge is 0.384 e. The number of halogens is 2. The van der Waals surface area contributed by atoms with Crippen LogP contribution < -0.4 is 0 Å². The van der Waals surface area contributed by atoms with E-state index >= 15 is 0 Å². The van der Waals surface area contributed by atoms with Gasteiger partial charge in [0.15, 0.2) is 0 Å². The van der Waals surface area contributed by atoms with E-state index in [0.29, 0.717) is 26.7 Å². The van der Waals surface area contributed by atoms with Crippen LogP contribution in [0.5, 0.6) is 0 Å². The van der Waals surface area contributed by atoms with Gasteiger partial charge >= 0.3 is 0 Å². The molecule has 1 heterocycles. The number of H-pyrrole nitrogens is 1. The topological polar surface area (TPSA) is 59.8 Å². The van der Waals surface area contributed by atoms with Gasteiger partial charge in [-0.2, -0.15) is 5.26 Å². The van der Waals surface area contributed by atoms with Crippen molar-refractivity contribution in [3.05, 3.63) is 81.6 Å². The standard InChI is InChI=1S/C18H12Cl2N2O/c19-13-5-6-14(17(20)7-13)18(23)16-10-22-9-15(16)12-3-1-11(8-21)2-4-12/h1-7,9-10,18,22-23H. The minimum atomic E-state index is -0.878. The van der Waals surface area contributed by atoms with E-state index in [9.17, 15) is 5.11 Å². The normalized spacial score (nSPS) is 11.9. The molecule has 0 spiro atoms. The third-order valence-electron chi connectivity index (χ3n) is 3.65. The first-order valence-electron chi connectivity index (χ1n) is 6.90. The first-order chi connectivity index (χ1) is 11.1. The van der Waals surface area contributed by atoms with Crippen LogP contribution in [0.1, 0.15) is 22.8 Å². The van der Waals surface area contributed by atoms with E-state index in [1.165, 1.54) is 0 Å². The summed E-state index contributed by atoms with van der Waals surface area (Å²) >= 11 is 12.1. The Kier molecular flexibility index (Phi) is 4.40. The molecule has 0 saturated heterocycles. The molecule has 23 heavy (non-hydrogen) atoms. The number of aliphatic hydroxyl groups excluding tert-OH is 1. The van der Waals surface area contributed by atoms with Crippen molar-refractivity contribution < 1.29 is 5.11 Å². The second-order valence-electron chi connectivity index (χ2n) is 5.08. The Morgan fingerprint density at radius 2 is 1.74 bits per heavy atom. The number of aliphatic hydroxyl groups is 1. The molecule has 5 heteroatoms. The second kappa shape index (κ2) is 6.47. The highest BCUT2D eigenvalue weighted by Crippen LogP contribution is 2.35. The first kappa shape index (κ1) is 15.6. The average Bonchev–Trinajstić information content (AvgIpc) is 3.04. The lowest BCUT2D eigenvalue weighted by molar-refractivity contribution is 0.221. The van der Waals surface area contributed by atoms with Crippen molar-refractivity contribution in [2.75, 3.05) is 0 Å². The minimum Gasteiger partial charge on any atom is -0.384 e. The van der Waals surface area contributed by atoms with E-state index in [-0.39, 0.29) is 0 Å². The molecule has 0 radical (unpaired) electrons. The maximum absolute atomic E-state index is 10.7. The Morgan fingerprint density at radius 1 is 1.00 bits per heavy atom. The number of nitrogens with one attached hydrogen (secondary N) is 1. The second-order valence-corrected chi connectivity index (χ2v) is 5.93. The molecule has 0 saturated carbocycles. The van der Waals surface area contributed by atoms with Crippen LogP contribution in [0.4, 0.5) is 0 Å². The Bertz CT molecular complexity index is 879. The lowest BCUT2D eigenvalue weighted by Gasteiger charge is -2.14. The van der Waals surface area contributed by atoms with Gasteiger partial charge in [0.2, 0.25) is 0 Å². The van der Waals surface area contributed by atoms with Crippen molar-refractivity contribution in [2.45, 2.75) is 6.10 Å². The fourth-order valence-corrected chi connectivity index (χ4v) is 2.98. The fraction of sp³-hybridized carbons (Fsp3) is 0.0556. The van der Waals surface area contributed by atoms with Crippen LogP contribution >= 0.6 is 23.2 Å². The molecule has 1 atom stereocenters. The van der Waals surface area contributed by atoms with Crippen LogP contribution in [0.3, 0.4) is 0 Å². The van der Waals surface area contributed by atoms with E-state index in [0.717, 1.165) is 11.1 Å². The van der Waals surface area contributed by atoms with Crippen LogP contribution in [0, 0.1) is 11.3 Å². The summed E-state index contributed by atoms with van der Waals surface area (Å²) in [7, 11) is 0. The Morgan fingerprint density at radius 3 is 2.39 bits per heavy atom. The van der Waals surface area contributed by atoms with Crippen molar-refractivity contribution in [3.63, 3.8) is 0 Å². The van der Waals surface area contributed by atoms with Gasteiger partial charge < -0.3 is 10.1 Å². The zero-order chi connectivity index (χ0) is 16.4. The van der Waals surface area contributed by atoms with Gasteiger partial charge in [-0.15, -0.1) is 0 Å². The minimum absolute atomic E-state index is 0.414. The molecular formula is C18H12Cl2N2O. The van der Waals surface area contributed by atoms with Crippen molar-refractivity contribution in [1.29, 1.82) is 5.26 Å². The Hall–Kier alpha value is -2.25. The number of hydrogen-bond donors (Lipinski definition) is 2. The van der Waals surface area contributed by atoms with Gasteiger partial charge in [0.25, 0.3) is 0 Å². The number of rotatable bonds is 3. The molecule has 3 aromatic rings. The van der Waals surface area contributed by atoms with Crippen LogP contribution in [-0.4, -0.2) is 10.1 Å². The summed E-state index contributed by atoms with van der Waals surface area (Å²) in [6.07, 6.45) is 2.67. The quantitative estimate of drug-likeness (QED) is 0.707. The molecular weight excluding hydrogens is 331 g/mol. The highest BCUT2D eigenvalue weighted by molar-refractivity contribution is 6.35. The Labute approximate surface area is 143 Å². The van der Waals surface area contributed by atoms with Gasteiger partial charge in [0.05, 0.1) is 11.6 Å². The SMILES string of the molecule is N#Cc1ccc(-c2c[nH]cc2C(O)c2ccc(Cl)cc2Cl)cc1. The molecule has 114 valence electrons. The van der Waals surface area contributed by atoms with Crippen molar-refractivity contribution in [2.24, 2.45) is 0 Å². The molecule has 1 aromatic heterocycles. The van der Waals surface area contributed by atoms with Crippen LogP contribution in [0.25, 0.3) is 11.1 Å². The molecule has 2 N–H and O–H groups in total. The number of nitriles is 1. The molecule has 3 nitrogen and oxygen atoms in total. The van der Waals surface area contributed by atoms with Crippen molar-refractivity contribution in [3.8, 4) is 17.2 Å². The third kappa shape index (κ3) is 3.11. The van der Waals surface area contributed by atoms with Crippen LogP contribution in [0.2, 0.25) is 10.0 Å². The molecule has 0 aliphatic rings. The van der Waals surface area contributed by atoms with E-state index in [1.54, 1.807) is 36.5 Å². The molecule has 0 fully saturated rings. The lowest BCUT2D eigenvalue weighted by Crippen LogP contribution is -2.01. The van der Waals surface area contributed by atoms with Gasteiger partial charge in [0, 0.05) is 39.1 Å². The summed E-state index contributed by atoms with van der Waals surface area (Å²) in [5.41, 5.74) is 3.65. The number of hydrogen-bond acceptors (Lipinski definition) is 2. The Balaban J connectivity index is 2.01. The fourth-order valence-electron chi connectivity index (χ4n) is 2.47. The van der Waals surface area contributed by atoms with E-state index in [2.05, 4.69) is 11.1 Å². The van der Waals surface area contributed by atoms with Gasteiger partial charge in [-0.1, -0.05) is 41.4 Å². The predicted molar refractivity (Wildman–Crippen MR) is 91.5 cm³/mol. The number of nitrogens with zero attached hydrogens (tertiary/aromatic N) is 1. The number of aromatic amines is 1.